The highest BCUT2D eigenvalue weighted by molar-refractivity contribution is 9.10. The van der Waals surface area contributed by atoms with E-state index in [1.54, 1.807) is 12.3 Å². The Labute approximate surface area is 103 Å². The molecular weight excluding hydrogens is 266 g/mol. The largest absolute Gasteiger partial charge is 0.399 e. The number of nitrogen functional groups attached to an aromatic ring is 1. The van der Waals surface area contributed by atoms with E-state index in [1.807, 2.05) is 30.3 Å². The van der Waals surface area contributed by atoms with Crippen LogP contribution in [-0.2, 0) is 6.54 Å². The number of anilines is 2. The highest BCUT2D eigenvalue weighted by Gasteiger charge is 1.96. The second-order valence-corrected chi connectivity index (χ2v) is 4.36. The number of hydrogen-bond donors (Lipinski definition) is 2. The number of aromatic nitrogens is 1. The number of nitrogens with two attached hydrogens (primary N) is 1. The van der Waals surface area contributed by atoms with Crippen molar-refractivity contribution in [1.82, 2.24) is 4.98 Å². The number of benzene rings is 1. The average molecular weight is 278 g/mol. The van der Waals surface area contributed by atoms with E-state index in [9.17, 15) is 0 Å². The molecule has 0 aliphatic heterocycles. The van der Waals surface area contributed by atoms with E-state index in [0.717, 1.165) is 21.5 Å². The molecule has 0 radical (unpaired) electrons. The van der Waals surface area contributed by atoms with Gasteiger partial charge in [0.2, 0.25) is 0 Å². The van der Waals surface area contributed by atoms with Gasteiger partial charge in [-0.25, -0.2) is 0 Å². The molecule has 16 heavy (non-hydrogen) atoms. The smallest absolute Gasteiger partial charge is 0.0615 e. The Hall–Kier alpha value is -1.55. The third kappa shape index (κ3) is 2.97. The minimum atomic E-state index is 0.673. The summed E-state index contributed by atoms with van der Waals surface area (Å²) in [6.07, 6.45) is 1.72. The standard InChI is InChI=1S/C12H12BrN3/c13-9-1-3-11(4-2-9)16-8-12-7-10(14)5-6-15-12/h1-7,16H,8H2,(H2,14,15). The summed E-state index contributed by atoms with van der Waals surface area (Å²) < 4.78 is 1.07. The van der Waals surface area contributed by atoms with Crippen LogP contribution in [0.2, 0.25) is 0 Å². The Morgan fingerprint density at radius 1 is 1.19 bits per heavy atom. The Morgan fingerprint density at radius 2 is 1.94 bits per heavy atom. The fourth-order valence-electron chi connectivity index (χ4n) is 1.35. The average Bonchev–Trinajstić information content (AvgIpc) is 2.28. The Bertz CT molecular complexity index is 468. The molecule has 1 aromatic heterocycles. The summed E-state index contributed by atoms with van der Waals surface area (Å²) in [5, 5.41) is 3.28. The third-order valence-corrected chi connectivity index (χ3v) is 2.69. The van der Waals surface area contributed by atoms with Crippen LogP contribution < -0.4 is 11.1 Å². The fraction of sp³-hybridized carbons (Fsp3) is 0.0833. The zero-order valence-electron chi connectivity index (χ0n) is 8.65. The molecule has 0 aliphatic rings. The van der Waals surface area contributed by atoms with E-state index in [-0.39, 0.29) is 0 Å². The van der Waals surface area contributed by atoms with Crippen LogP contribution in [0.4, 0.5) is 11.4 Å². The van der Waals surface area contributed by atoms with Crippen molar-refractivity contribution >= 4 is 27.3 Å². The molecule has 0 atom stereocenters. The van der Waals surface area contributed by atoms with Gasteiger partial charge < -0.3 is 11.1 Å². The van der Waals surface area contributed by atoms with Gasteiger partial charge in [-0.05, 0) is 36.4 Å². The van der Waals surface area contributed by atoms with Crippen LogP contribution in [0.25, 0.3) is 0 Å². The van der Waals surface area contributed by atoms with Crippen molar-refractivity contribution in [3.63, 3.8) is 0 Å². The van der Waals surface area contributed by atoms with E-state index in [4.69, 9.17) is 5.73 Å². The van der Waals surface area contributed by atoms with Gasteiger partial charge in [0, 0.05) is 22.0 Å². The van der Waals surface area contributed by atoms with Gasteiger partial charge in [0.25, 0.3) is 0 Å². The van der Waals surface area contributed by atoms with Crippen molar-refractivity contribution in [1.29, 1.82) is 0 Å². The summed E-state index contributed by atoms with van der Waals surface area (Å²) in [6, 6.07) is 11.7. The van der Waals surface area contributed by atoms with Gasteiger partial charge >= 0.3 is 0 Å². The van der Waals surface area contributed by atoms with Crippen LogP contribution in [0.15, 0.2) is 47.1 Å². The van der Waals surface area contributed by atoms with Crippen molar-refractivity contribution in [2.45, 2.75) is 6.54 Å². The van der Waals surface area contributed by atoms with E-state index in [2.05, 4.69) is 26.2 Å². The molecule has 1 heterocycles. The summed E-state index contributed by atoms with van der Waals surface area (Å²) in [7, 11) is 0. The molecule has 0 spiro atoms. The highest BCUT2D eigenvalue weighted by Crippen LogP contribution is 2.14. The van der Waals surface area contributed by atoms with Crippen LogP contribution >= 0.6 is 15.9 Å². The van der Waals surface area contributed by atoms with E-state index < -0.39 is 0 Å². The molecule has 1 aromatic carbocycles. The summed E-state index contributed by atoms with van der Waals surface area (Å²) >= 11 is 3.39. The lowest BCUT2D eigenvalue weighted by atomic mass is 10.3. The summed E-state index contributed by atoms with van der Waals surface area (Å²) in [6.45, 7) is 0.673. The number of rotatable bonds is 3. The minimum absolute atomic E-state index is 0.673. The normalized spacial score (nSPS) is 10.1. The molecule has 0 saturated heterocycles. The second kappa shape index (κ2) is 4.99. The second-order valence-electron chi connectivity index (χ2n) is 3.44. The number of pyridine rings is 1. The van der Waals surface area contributed by atoms with Crippen LogP contribution in [0, 0.1) is 0 Å². The number of nitrogens with zero attached hydrogens (tertiary/aromatic N) is 1. The molecule has 0 aliphatic carbocycles. The number of halogens is 1. The maximum atomic E-state index is 5.67. The molecule has 0 bridgehead atoms. The first-order valence-corrected chi connectivity index (χ1v) is 5.73. The molecule has 82 valence electrons. The Balaban J connectivity index is 1.99. The van der Waals surface area contributed by atoms with Gasteiger partial charge in [0.05, 0.1) is 12.2 Å². The predicted molar refractivity (Wildman–Crippen MR) is 70.1 cm³/mol. The molecule has 2 rings (SSSR count). The van der Waals surface area contributed by atoms with Gasteiger partial charge in [-0.2, -0.15) is 0 Å². The Morgan fingerprint density at radius 3 is 2.62 bits per heavy atom. The van der Waals surface area contributed by atoms with Crippen molar-refractivity contribution in [2.24, 2.45) is 0 Å². The minimum Gasteiger partial charge on any atom is -0.399 e. The van der Waals surface area contributed by atoms with Crippen molar-refractivity contribution in [3.8, 4) is 0 Å². The van der Waals surface area contributed by atoms with Crippen molar-refractivity contribution in [2.75, 3.05) is 11.1 Å². The zero-order chi connectivity index (χ0) is 11.4. The lowest BCUT2D eigenvalue weighted by Crippen LogP contribution is -2.02. The number of nitrogens with one attached hydrogen (secondary N) is 1. The number of hydrogen-bond acceptors (Lipinski definition) is 3. The van der Waals surface area contributed by atoms with Gasteiger partial charge in [-0.3, -0.25) is 4.98 Å². The topological polar surface area (TPSA) is 50.9 Å². The first kappa shape index (κ1) is 11.0. The first-order chi connectivity index (χ1) is 7.74. The van der Waals surface area contributed by atoms with Crippen LogP contribution in [-0.4, -0.2) is 4.98 Å². The quantitative estimate of drug-likeness (QED) is 0.907. The SMILES string of the molecule is Nc1ccnc(CNc2ccc(Br)cc2)c1. The Kier molecular flexibility index (Phi) is 3.41. The van der Waals surface area contributed by atoms with Crippen LogP contribution in [0.3, 0.4) is 0 Å². The summed E-state index contributed by atoms with van der Waals surface area (Å²) in [4.78, 5) is 4.22. The van der Waals surface area contributed by atoms with Crippen molar-refractivity contribution < 1.29 is 0 Å². The maximum absolute atomic E-state index is 5.67. The zero-order valence-corrected chi connectivity index (χ0v) is 10.2. The van der Waals surface area contributed by atoms with Gasteiger partial charge in [0.1, 0.15) is 0 Å². The molecular formula is C12H12BrN3. The lowest BCUT2D eigenvalue weighted by Gasteiger charge is -2.06. The van der Waals surface area contributed by atoms with Gasteiger partial charge in [0.15, 0.2) is 0 Å². The molecule has 4 heteroatoms. The fourth-order valence-corrected chi connectivity index (χ4v) is 1.62. The molecule has 0 saturated carbocycles. The molecule has 0 amide bonds. The maximum Gasteiger partial charge on any atom is 0.0615 e. The van der Waals surface area contributed by atoms with E-state index in [1.165, 1.54) is 0 Å². The molecule has 3 nitrogen and oxygen atoms in total. The molecule has 0 fully saturated rings. The predicted octanol–water partition coefficient (Wildman–Crippen LogP) is 3.04. The molecule has 2 aromatic rings. The van der Waals surface area contributed by atoms with E-state index >= 15 is 0 Å². The first-order valence-electron chi connectivity index (χ1n) is 4.94. The van der Waals surface area contributed by atoms with Crippen molar-refractivity contribution in [3.05, 3.63) is 52.8 Å². The van der Waals surface area contributed by atoms with Crippen LogP contribution in [0.1, 0.15) is 5.69 Å². The highest BCUT2D eigenvalue weighted by atomic mass is 79.9. The summed E-state index contributed by atoms with van der Waals surface area (Å²) in [5.41, 5.74) is 8.41. The molecule has 3 N–H and O–H groups in total. The van der Waals surface area contributed by atoms with E-state index in [0.29, 0.717) is 6.54 Å². The monoisotopic (exact) mass is 277 g/mol. The van der Waals surface area contributed by atoms with Gasteiger partial charge in [-0.1, -0.05) is 15.9 Å². The van der Waals surface area contributed by atoms with Crippen LogP contribution in [0.5, 0.6) is 0 Å². The lowest BCUT2D eigenvalue weighted by molar-refractivity contribution is 1.05. The molecule has 0 unspecified atom stereocenters. The summed E-state index contributed by atoms with van der Waals surface area (Å²) in [5.74, 6) is 0. The van der Waals surface area contributed by atoms with Gasteiger partial charge in [-0.15, -0.1) is 0 Å². The third-order valence-electron chi connectivity index (χ3n) is 2.16.